The standard InChI is InChI=1S/C22H30/c1-5-11-21(19-15-9-7-13-17(19)3)22(12-6-2)20-16-10-8-14-18(20)4/h7-10,13-16,21-22H,5-6,11-12H2,1-4H3. The molecule has 2 aromatic rings. The van der Waals surface area contributed by atoms with Crippen LogP contribution in [0.4, 0.5) is 0 Å². The van der Waals surface area contributed by atoms with Gasteiger partial charge in [0.15, 0.2) is 0 Å². The maximum Gasteiger partial charge on any atom is -0.00905 e. The lowest BCUT2D eigenvalue weighted by Gasteiger charge is -2.30. The molecule has 0 heterocycles. The van der Waals surface area contributed by atoms with Crippen LogP contribution in [0, 0.1) is 13.8 Å². The average molecular weight is 294 g/mol. The predicted octanol–water partition coefficient (Wildman–Crippen LogP) is 6.77. The van der Waals surface area contributed by atoms with E-state index < -0.39 is 0 Å². The molecule has 2 atom stereocenters. The number of aryl methyl sites for hydroxylation is 2. The normalized spacial score (nSPS) is 13.8. The lowest BCUT2D eigenvalue weighted by molar-refractivity contribution is 0.465. The van der Waals surface area contributed by atoms with Crippen LogP contribution in [0.5, 0.6) is 0 Å². The van der Waals surface area contributed by atoms with Crippen LogP contribution >= 0.6 is 0 Å². The van der Waals surface area contributed by atoms with Gasteiger partial charge in [-0.25, -0.2) is 0 Å². The average Bonchev–Trinajstić information content (AvgIpc) is 2.52. The molecule has 0 spiro atoms. The summed E-state index contributed by atoms with van der Waals surface area (Å²) >= 11 is 0. The molecule has 0 radical (unpaired) electrons. The fourth-order valence-corrected chi connectivity index (χ4v) is 3.77. The summed E-state index contributed by atoms with van der Waals surface area (Å²) in [5.41, 5.74) is 5.98. The van der Waals surface area contributed by atoms with Crippen molar-refractivity contribution in [3.63, 3.8) is 0 Å². The lowest BCUT2D eigenvalue weighted by atomic mass is 9.74. The summed E-state index contributed by atoms with van der Waals surface area (Å²) in [4.78, 5) is 0. The largest absolute Gasteiger partial charge is 0.0654 e. The van der Waals surface area contributed by atoms with E-state index in [-0.39, 0.29) is 0 Å². The Bertz CT molecular complexity index is 529. The Morgan fingerprint density at radius 3 is 1.32 bits per heavy atom. The number of benzene rings is 2. The molecule has 0 nitrogen and oxygen atoms in total. The molecular formula is C22H30. The molecule has 0 aliphatic carbocycles. The van der Waals surface area contributed by atoms with Crippen LogP contribution in [0.2, 0.25) is 0 Å². The van der Waals surface area contributed by atoms with Crippen LogP contribution in [0.15, 0.2) is 48.5 Å². The third-order valence-corrected chi connectivity index (χ3v) is 4.86. The first-order valence-corrected chi connectivity index (χ1v) is 8.80. The molecule has 2 rings (SSSR count). The Kier molecular flexibility index (Phi) is 6.24. The number of hydrogen-bond donors (Lipinski definition) is 0. The molecule has 0 saturated heterocycles. The zero-order valence-corrected chi connectivity index (χ0v) is 14.6. The summed E-state index contributed by atoms with van der Waals surface area (Å²) < 4.78 is 0. The first kappa shape index (κ1) is 16.8. The van der Waals surface area contributed by atoms with Gasteiger partial charge in [0.1, 0.15) is 0 Å². The zero-order valence-electron chi connectivity index (χ0n) is 14.6. The maximum atomic E-state index is 2.34. The third kappa shape index (κ3) is 3.80. The van der Waals surface area contributed by atoms with E-state index in [1.165, 1.54) is 36.8 Å². The predicted molar refractivity (Wildman–Crippen MR) is 97.7 cm³/mol. The van der Waals surface area contributed by atoms with Crippen molar-refractivity contribution in [1.29, 1.82) is 0 Å². The molecule has 22 heavy (non-hydrogen) atoms. The van der Waals surface area contributed by atoms with Gasteiger partial charge in [0, 0.05) is 0 Å². The van der Waals surface area contributed by atoms with Crippen molar-refractivity contribution >= 4 is 0 Å². The van der Waals surface area contributed by atoms with Gasteiger partial charge < -0.3 is 0 Å². The van der Waals surface area contributed by atoms with Gasteiger partial charge in [-0.05, 0) is 60.8 Å². The summed E-state index contributed by atoms with van der Waals surface area (Å²) in [5, 5.41) is 0. The maximum absolute atomic E-state index is 2.34. The SMILES string of the molecule is CCCC(c1ccccc1C)C(CCC)c1ccccc1C. The van der Waals surface area contributed by atoms with Crippen molar-refractivity contribution in [2.45, 2.75) is 65.2 Å². The second-order valence-corrected chi connectivity index (χ2v) is 6.50. The van der Waals surface area contributed by atoms with Crippen molar-refractivity contribution in [3.05, 3.63) is 70.8 Å². The van der Waals surface area contributed by atoms with Crippen molar-refractivity contribution in [1.82, 2.24) is 0 Å². The van der Waals surface area contributed by atoms with Gasteiger partial charge in [-0.15, -0.1) is 0 Å². The zero-order chi connectivity index (χ0) is 15.9. The van der Waals surface area contributed by atoms with Crippen LogP contribution in [-0.4, -0.2) is 0 Å². The fourth-order valence-electron chi connectivity index (χ4n) is 3.77. The van der Waals surface area contributed by atoms with Gasteiger partial charge >= 0.3 is 0 Å². The minimum atomic E-state index is 0.632. The van der Waals surface area contributed by atoms with Crippen molar-refractivity contribution in [2.75, 3.05) is 0 Å². The topological polar surface area (TPSA) is 0 Å². The van der Waals surface area contributed by atoms with Gasteiger partial charge in [-0.3, -0.25) is 0 Å². The minimum Gasteiger partial charge on any atom is -0.0654 e. The third-order valence-electron chi connectivity index (χ3n) is 4.86. The Labute approximate surface area is 136 Å². The molecule has 2 unspecified atom stereocenters. The molecule has 0 heteroatoms. The van der Waals surface area contributed by atoms with Crippen LogP contribution < -0.4 is 0 Å². The van der Waals surface area contributed by atoms with Crippen LogP contribution in [0.25, 0.3) is 0 Å². The van der Waals surface area contributed by atoms with E-state index in [2.05, 4.69) is 76.2 Å². The molecule has 0 aliphatic heterocycles. The van der Waals surface area contributed by atoms with E-state index in [4.69, 9.17) is 0 Å². The second-order valence-electron chi connectivity index (χ2n) is 6.50. The van der Waals surface area contributed by atoms with E-state index in [9.17, 15) is 0 Å². The Hall–Kier alpha value is -1.56. The smallest absolute Gasteiger partial charge is 0.00905 e. The first-order valence-electron chi connectivity index (χ1n) is 8.80. The van der Waals surface area contributed by atoms with Crippen LogP contribution in [-0.2, 0) is 0 Å². The second kappa shape index (κ2) is 8.17. The van der Waals surface area contributed by atoms with Gasteiger partial charge in [0.25, 0.3) is 0 Å². The van der Waals surface area contributed by atoms with Crippen molar-refractivity contribution < 1.29 is 0 Å². The van der Waals surface area contributed by atoms with Crippen LogP contribution in [0.1, 0.15) is 73.6 Å². The van der Waals surface area contributed by atoms with E-state index in [0.29, 0.717) is 11.8 Å². The van der Waals surface area contributed by atoms with Gasteiger partial charge in [-0.2, -0.15) is 0 Å². The van der Waals surface area contributed by atoms with Gasteiger partial charge in [-0.1, -0.05) is 75.2 Å². The summed E-state index contributed by atoms with van der Waals surface area (Å²) in [6.45, 7) is 9.15. The quantitative estimate of drug-likeness (QED) is 0.528. The molecule has 0 bridgehead atoms. The Morgan fingerprint density at radius 2 is 1.00 bits per heavy atom. The van der Waals surface area contributed by atoms with E-state index in [1.807, 2.05) is 0 Å². The highest BCUT2D eigenvalue weighted by Crippen LogP contribution is 2.41. The highest BCUT2D eigenvalue weighted by molar-refractivity contribution is 5.36. The summed E-state index contributed by atoms with van der Waals surface area (Å²) in [5.74, 6) is 1.26. The van der Waals surface area contributed by atoms with Crippen molar-refractivity contribution in [2.24, 2.45) is 0 Å². The molecule has 0 aromatic heterocycles. The van der Waals surface area contributed by atoms with Gasteiger partial charge in [0.2, 0.25) is 0 Å². The van der Waals surface area contributed by atoms with E-state index >= 15 is 0 Å². The highest BCUT2D eigenvalue weighted by atomic mass is 14.3. The molecule has 0 N–H and O–H groups in total. The van der Waals surface area contributed by atoms with Crippen LogP contribution in [0.3, 0.4) is 0 Å². The summed E-state index contributed by atoms with van der Waals surface area (Å²) in [6.07, 6.45) is 5.02. The highest BCUT2D eigenvalue weighted by Gasteiger charge is 2.25. The molecule has 0 fully saturated rings. The number of hydrogen-bond acceptors (Lipinski definition) is 0. The first-order chi connectivity index (χ1) is 10.7. The molecule has 0 amide bonds. The lowest BCUT2D eigenvalue weighted by Crippen LogP contribution is -2.14. The molecular weight excluding hydrogens is 264 g/mol. The molecule has 0 saturated carbocycles. The number of rotatable bonds is 7. The summed E-state index contributed by atoms with van der Waals surface area (Å²) in [6, 6.07) is 17.9. The van der Waals surface area contributed by atoms with Gasteiger partial charge in [0.05, 0.1) is 0 Å². The monoisotopic (exact) mass is 294 g/mol. The summed E-state index contributed by atoms with van der Waals surface area (Å²) in [7, 11) is 0. The Morgan fingerprint density at radius 1 is 0.636 bits per heavy atom. The molecule has 2 aromatic carbocycles. The van der Waals surface area contributed by atoms with Crippen molar-refractivity contribution in [3.8, 4) is 0 Å². The molecule has 118 valence electrons. The Balaban J connectivity index is 2.46. The van der Waals surface area contributed by atoms with E-state index in [1.54, 1.807) is 11.1 Å². The fraction of sp³-hybridized carbons (Fsp3) is 0.455. The minimum absolute atomic E-state index is 0.632. The molecule has 0 aliphatic rings. The van der Waals surface area contributed by atoms with E-state index in [0.717, 1.165) is 0 Å².